The largest absolute Gasteiger partial charge is 0.493 e. The summed E-state index contributed by atoms with van der Waals surface area (Å²) in [4.78, 5) is 87.5. The maximum absolute atomic E-state index is 14.5. The number of likely N-dealkylation sites (tertiary alicyclic amines) is 2. The molecule has 0 aromatic heterocycles. The number of carbonyl (C=O) groups is 6. The van der Waals surface area contributed by atoms with E-state index in [0.717, 1.165) is 11.1 Å². The van der Waals surface area contributed by atoms with Crippen molar-refractivity contribution in [3.63, 3.8) is 0 Å². The molecule has 100 heavy (non-hydrogen) atoms. The average Bonchev–Trinajstić information content (AvgIpc) is 0.803. The number of methoxy groups -OCH3 is 10. The van der Waals surface area contributed by atoms with Gasteiger partial charge in [0, 0.05) is 26.2 Å². The van der Waals surface area contributed by atoms with Crippen LogP contribution in [0.2, 0.25) is 0 Å². The van der Waals surface area contributed by atoms with E-state index in [0.29, 0.717) is 169 Å². The van der Waals surface area contributed by atoms with Crippen molar-refractivity contribution < 1.29 is 95.1 Å². The Balaban J connectivity index is 0.876. The lowest BCUT2D eigenvalue weighted by atomic mass is 9.94. The Kier molecular flexibility index (Phi) is 28.0. The van der Waals surface area contributed by atoms with Crippen LogP contribution in [0.15, 0.2) is 109 Å². The van der Waals surface area contributed by atoms with Crippen molar-refractivity contribution in [2.45, 2.75) is 114 Å². The predicted octanol–water partition coefficient (Wildman–Crippen LogP) is 10.3. The van der Waals surface area contributed by atoms with E-state index in [1.54, 1.807) is 113 Å². The molecule has 8 rings (SSSR count). The van der Waals surface area contributed by atoms with Crippen molar-refractivity contribution in [1.82, 2.24) is 20.4 Å². The quantitative estimate of drug-likeness (QED) is 0.0277. The molecule has 0 radical (unpaired) electrons. The number of benzene rings is 6. The highest BCUT2D eigenvalue weighted by atomic mass is 16.6. The molecule has 2 N–H and O–H groups in total. The highest BCUT2D eigenvalue weighted by Crippen LogP contribution is 2.43. The zero-order valence-electron chi connectivity index (χ0n) is 59.2. The number of piperidine rings is 2. The van der Waals surface area contributed by atoms with Crippen molar-refractivity contribution in [1.29, 1.82) is 0 Å². The molecular formula is C76H94N4O20. The maximum atomic E-state index is 14.5. The van der Waals surface area contributed by atoms with E-state index in [1.165, 1.54) is 42.7 Å². The molecule has 0 saturated carbocycles. The fourth-order valence-corrected chi connectivity index (χ4v) is 12.5. The lowest BCUT2D eigenvalue weighted by Gasteiger charge is -2.36. The zero-order valence-corrected chi connectivity index (χ0v) is 59.2. The van der Waals surface area contributed by atoms with Crippen LogP contribution in [0.3, 0.4) is 0 Å². The van der Waals surface area contributed by atoms with Gasteiger partial charge in [0.2, 0.25) is 23.3 Å². The molecule has 24 nitrogen and oxygen atoms in total. The molecular weight excluding hydrogens is 1290 g/mol. The van der Waals surface area contributed by atoms with E-state index in [4.69, 9.17) is 66.3 Å². The molecule has 2 fully saturated rings. The van der Waals surface area contributed by atoms with E-state index in [-0.39, 0.29) is 38.1 Å². The second kappa shape index (κ2) is 37.1. The van der Waals surface area contributed by atoms with Gasteiger partial charge in [-0.25, -0.2) is 9.59 Å². The van der Waals surface area contributed by atoms with Gasteiger partial charge in [-0.2, -0.15) is 0 Å². The smallest absolute Gasteiger partial charge is 0.329 e. The first-order chi connectivity index (χ1) is 48.4. The SMILES string of the molecule is COc1ccc(CC[C@@H](OC(=O)[C@@H]2CCCCN2C(=O)[C@@H](C)c2cc(OC)c(OC)c(OC)c2)c2cccc(OCC(=O)NCCNC(=O)COc3cccc([C@@H](CCc4ccc(OC)c(OC)c4)OC(=O)[C@@H]4CCCCN4C(=O)[C@@H](C)c4cc(OC)c(OC)c(OC)c4)c3)c2)cc1OC. The lowest BCUT2D eigenvalue weighted by Crippen LogP contribution is -2.50. The molecule has 0 bridgehead atoms. The molecule has 2 heterocycles. The Hall–Kier alpha value is -10.3. The van der Waals surface area contributed by atoms with Gasteiger partial charge in [-0.1, -0.05) is 36.4 Å². The third kappa shape index (κ3) is 19.3. The van der Waals surface area contributed by atoms with Gasteiger partial charge in [-0.15, -0.1) is 0 Å². The Morgan fingerprint density at radius 1 is 0.410 bits per heavy atom. The minimum Gasteiger partial charge on any atom is -0.493 e. The summed E-state index contributed by atoms with van der Waals surface area (Å²) in [5, 5.41) is 5.53. The summed E-state index contributed by atoms with van der Waals surface area (Å²) in [6.45, 7) is 3.68. The van der Waals surface area contributed by atoms with Crippen LogP contribution >= 0.6 is 0 Å². The summed E-state index contributed by atoms with van der Waals surface area (Å²) in [6.07, 6.45) is 3.64. The van der Waals surface area contributed by atoms with Crippen LogP contribution < -0.4 is 67.5 Å². The second-order valence-electron chi connectivity index (χ2n) is 24.2. The van der Waals surface area contributed by atoms with Crippen molar-refractivity contribution >= 4 is 35.6 Å². The standard InChI is InChI=1S/C76H94N4O20/c1-47(53-41-65(91-7)71(95-11)66(42-53)92-8)73(83)79-35-15-13-23-57(79)75(85)99-59(29-25-49-27-31-61(87-3)63(37-49)89-5)51-19-17-21-55(39-51)97-45-69(81)77-33-34-78-70(82)46-98-56-22-18-20-52(40-56)60(30-26-50-28-32-62(88-4)64(38-50)90-6)100-76(86)58-24-14-16-36-80(58)74(84)48(2)54-43-67(93-9)72(96-12)68(44-54)94-10/h17-22,27-28,31-32,37-44,47-48,57-60H,13-16,23-26,29-30,33-36,45-46H2,1-12H3,(H,77,81)(H,78,82)/t47-,48-,57-,58-,59+,60+/m0/s1. The average molecular weight is 1380 g/mol. The van der Waals surface area contributed by atoms with Gasteiger partial charge in [0.15, 0.2) is 59.2 Å². The van der Waals surface area contributed by atoms with E-state index < -0.39 is 59.9 Å². The van der Waals surface area contributed by atoms with Crippen LogP contribution in [0.5, 0.6) is 69.0 Å². The molecule has 0 unspecified atom stereocenters. The molecule has 0 spiro atoms. The minimum absolute atomic E-state index is 0.0700. The summed E-state index contributed by atoms with van der Waals surface area (Å²) < 4.78 is 80.3. The number of nitrogens with zero attached hydrogens (tertiary/aromatic N) is 2. The molecule has 0 aliphatic carbocycles. The van der Waals surface area contributed by atoms with E-state index in [2.05, 4.69) is 10.6 Å². The molecule has 538 valence electrons. The molecule has 6 aromatic carbocycles. The first-order valence-electron chi connectivity index (χ1n) is 33.5. The van der Waals surface area contributed by atoms with Crippen molar-refractivity contribution in [2.24, 2.45) is 0 Å². The first kappa shape index (κ1) is 75.5. The van der Waals surface area contributed by atoms with Crippen LogP contribution in [-0.2, 0) is 51.1 Å². The van der Waals surface area contributed by atoms with Crippen molar-refractivity contribution in [2.75, 3.05) is 110 Å². The topological polar surface area (TPSA) is 262 Å². The Labute approximate surface area is 584 Å². The van der Waals surface area contributed by atoms with Gasteiger partial charge in [-0.3, -0.25) is 19.2 Å². The molecule has 4 amide bonds. The summed E-state index contributed by atoms with van der Waals surface area (Å²) in [7, 11) is 15.3. The van der Waals surface area contributed by atoms with Crippen LogP contribution in [0.1, 0.15) is 123 Å². The number of ether oxygens (including phenoxy) is 14. The number of hydrogen-bond acceptors (Lipinski definition) is 20. The van der Waals surface area contributed by atoms with E-state index in [9.17, 15) is 28.8 Å². The van der Waals surface area contributed by atoms with Crippen molar-refractivity contribution in [3.05, 3.63) is 143 Å². The minimum atomic E-state index is -0.861. The summed E-state index contributed by atoms with van der Waals surface area (Å²) in [6, 6.07) is 30.3. The van der Waals surface area contributed by atoms with Gasteiger partial charge in [0.05, 0.1) is 82.9 Å². The summed E-state index contributed by atoms with van der Waals surface area (Å²) >= 11 is 0. The van der Waals surface area contributed by atoms with E-state index >= 15 is 0 Å². The maximum Gasteiger partial charge on any atom is 0.329 e. The normalized spacial score (nSPS) is 15.4. The van der Waals surface area contributed by atoms with Crippen LogP contribution in [0.25, 0.3) is 0 Å². The number of esters is 2. The van der Waals surface area contributed by atoms with Gasteiger partial charge in [0.1, 0.15) is 35.8 Å². The highest BCUT2D eigenvalue weighted by molar-refractivity contribution is 5.90. The Morgan fingerprint density at radius 3 is 1.11 bits per heavy atom. The zero-order chi connectivity index (χ0) is 71.8. The number of rotatable bonds is 35. The fourth-order valence-electron chi connectivity index (χ4n) is 12.5. The third-order valence-corrected chi connectivity index (χ3v) is 18.0. The third-order valence-electron chi connectivity index (χ3n) is 18.0. The van der Waals surface area contributed by atoms with Gasteiger partial charge < -0.3 is 86.7 Å². The van der Waals surface area contributed by atoms with Crippen LogP contribution in [-0.4, -0.2) is 168 Å². The number of carbonyl (C=O) groups excluding carboxylic acids is 6. The van der Waals surface area contributed by atoms with Crippen LogP contribution in [0.4, 0.5) is 0 Å². The molecule has 2 aliphatic rings. The molecule has 2 saturated heterocycles. The Bertz CT molecular complexity index is 3480. The van der Waals surface area contributed by atoms with E-state index in [1.807, 2.05) is 48.5 Å². The fraction of sp³-hybridized carbons (Fsp3) is 0.447. The second-order valence-corrected chi connectivity index (χ2v) is 24.2. The van der Waals surface area contributed by atoms with Gasteiger partial charge in [0.25, 0.3) is 11.8 Å². The van der Waals surface area contributed by atoms with Crippen molar-refractivity contribution in [3.8, 4) is 69.0 Å². The molecule has 24 heteroatoms. The molecule has 2 aliphatic heterocycles. The number of amides is 4. The Morgan fingerprint density at radius 2 is 0.770 bits per heavy atom. The number of aryl methyl sites for hydroxylation is 2. The lowest BCUT2D eigenvalue weighted by molar-refractivity contribution is -0.162. The van der Waals surface area contributed by atoms with Crippen LogP contribution in [0, 0.1) is 0 Å². The number of nitrogens with one attached hydrogen (secondary N) is 2. The molecule has 6 atom stereocenters. The summed E-state index contributed by atoms with van der Waals surface area (Å²) in [5.74, 6) is 1.43. The highest BCUT2D eigenvalue weighted by Gasteiger charge is 2.39. The van der Waals surface area contributed by atoms with Gasteiger partial charge >= 0.3 is 11.9 Å². The molecule has 6 aromatic rings. The monoisotopic (exact) mass is 1380 g/mol. The number of hydrogen-bond donors (Lipinski definition) is 2. The summed E-state index contributed by atoms with van der Waals surface area (Å²) in [5.41, 5.74) is 4.26. The predicted molar refractivity (Wildman–Crippen MR) is 371 cm³/mol. The van der Waals surface area contributed by atoms with Gasteiger partial charge in [-0.05, 0) is 184 Å². The first-order valence-corrected chi connectivity index (χ1v) is 33.5.